The molecule has 0 aromatic carbocycles. The first-order chi connectivity index (χ1) is 8.22. The van der Waals surface area contributed by atoms with Crippen molar-refractivity contribution in [3.05, 3.63) is 17.0 Å². The standard InChI is InChI=1S/C11H14ClN3O2/c1-7(9-3-2-4-17-9)15-11-8(5-16)10(12)13-6-14-11/h5-7,9H,2-4H2,1H3,(H,13,14,15). The van der Waals surface area contributed by atoms with Crippen LogP contribution in [-0.4, -0.2) is 35.0 Å². The summed E-state index contributed by atoms with van der Waals surface area (Å²) >= 11 is 5.82. The van der Waals surface area contributed by atoms with E-state index in [1.807, 2.05) is 6.92 Å². The molecule has 0 amide bonds. The maximum absolute atomic E-state index is 10.9. The van der Waals surface area contributed by atoms with Gasteiger partial charge in [-0.25, -0.2) is 9.97 Å². The smallest absolute Gasteiger partial charge is 0.156 e. The van der Waals surface area contributed by atoms with Crippen molar-refractivity contribution in [2.24, 2.45) is 0 Å². The Morgan fingerprint density at radius 3 is 3.12 bits per heavy atom. The number of carbonyl (C=O) groups excluding carboxylic acids is 1. The third-order valence-electron chi connectivity index (χ3n) is 2.84. The van der Waals surface area contributed by atoms with E-state index in [1.54, 1.807) is 0 Å². The Balaban J connectivity index is 2.12. The van der Waals surface area contributed by atoms with Gasteiger partial charge in [0.1, 0.15) is 17.3 Å². The van der Waals surface area contributed by atoms with Gasteiger partial charge in [-0.1, -0.05) is 11.6 Å². The first-order valence-corrected chi connectivity index (χ1v) is 5.94. The van der Waals surface area contributed by atoms with E-state index in [1.165, 1.54) is 6.33 Å². The SMILES string of the molecule is CC(Nc1ncnc(Cl)c1C=O)C1CCCO1. The quantitative estimate of drug-likeness (QED) is 0.658. The van der Waals surface area contributed by atoms with Crippen molar-refractivity contribution >= 4 is 23.7 Å². The fourth-order valence-corrected chi connectivity index (χ4v) is 2.08. The minimum Gasteiger partial charge on any atom is -0.376 e. The first kappa shape index (κ1) is 12.3. The van der Waals surface area contributed by atoms with Crippen LogP contribution in [0.4, 0.5) is 5.82 Å². The van der Waals surface area contributed by atoms with Crippen molar-refractivity contribution < 1.29 is 9.53 Å². The van der Waals surface area contributed by atoms with Crippen LogP contribution >= 0.6 is 11.6 Å². The molecule has 0 radical (unpaired) electrons. The van der Waals surface area contributed by atoms with Gasteiger partial charge in [0.05, 0.1) is 17.7 Å². The van der Waals surface area contributed by atoms with Crippen molar-refractivity contribution in [2.75, 3.05) is 11.9 Å². The zero-order valence-electron chi connectivity index (χ0n) is 9.52. The number of aldehydes is 1. The lowest BCUT2D eigenvalue weighted by Gasteiger charge is -2.21. The number of ether oxygens (including phenoxy) is 1. The number of rotatable bonds is 4. The molecule has 0 aliphatic carbocycles. The second kappa shape index (κ2) is 5.42. The predicted octanol–water partition coefficient (Wildman–Crippen LogP) is 1.92. The van der Waals surface area contributed by atoms with E-state index in [0.717, 1.165) is 19.4 Å². The van der Waals surface area contributed by atoms with E-state index in [0.29, 0.717) is 17.7 Å². The van der Waals surface area contributed by atoms with Gasteiger partial charge in [-0.15, -0.1) is 0 Å². The molecule has 1 saturated heterocycles. The van der Waals surface area contributed by atoms with Crippen molar-refractivity contribution in [3.63, 3.8) is 0 Å². The van der Waals surface area contributed by atoms with Gasteiger partial charge in [-0.05, 0) is 19.8 Å². The highest BCUT2D eigenvalue weighted by molar-refractivity contribution is 6.32. The zero-order chi connectivity index (χ0) is 12.3. The Labute approximate surface area is 105 Å². The van der Waals surface area contributed by atoms with Crippen LogP contribution in [0, 0.1) is 0 Å². The van der Waals surface area contributed by atoms with Crippen LogP contribution in [0.1, 0.15) is 30.1 Å². The summed E-state index contributed by atoms with van der Waals surface area (Å²) in [5, 5.41) is 3.32. The maximum Gasteiger partial charge on any atom is 0.156 e. The van der Waals surface area contributed by atoms with Crippen LogP contribution in [0.3, 0.4) is 0 Å². The monoisotopic (exact) mass is 255 g/mol. The predicted molar refractivity (Wildman–Crippen MR) is 64.5 cm³/mol. The summed E-state index contributed by atoms with van der Waals surface area (Å²) in [5.74, 6) is 0.461. The van der Waals surface area contributed by atoms with Gasteiger partial charge >= 0.3 is 0 Å². The largest absolute Gasteiger partial charge is 0.376 e. The van der Waals surface area contributed by atoms with Crippen LogP contribution in [0.15, 0.2) is 6.33 Å². The number of halogens is 1. The highest BCUT2D eigenvalue weighted by Gasteiger charge is 2.23. The van der Waals surface area contributed by atoms with E-state index in [2.05, 4.69) is 15.3 Å². The number of hydrogen-bond donors (Lipinski definition) is 1. The van der Waals surface area contributed by atoms with Crippen LogP contribution in [0.2, 0.25) is 5.15 Å². The highest BCUT2D eigenvalue weighted by atomic mass is 35.5. The van der Waals surface area contributed by atoms with Gasteiger partial charge in [-0.2, -0.15) is 0 Å². The lowest BCUT2D eigenvalue weighted by atomic mass is 10.1. The molecule has 1 aliphatic heterocycles. The second-order valence-electron chi connectivity index (χ2n) is 4.03. The molecule has 1 fully saturated rings. The third-order valence-corrected chi connectivity index (χ3v) is 3.14. The number of nitrogens with zero attached hydrogens (tertiary/aromatic N) is 2. The molecule has 1 N–H and O–H groups in total. The van der Waals surface area contributed by atoms with Crippen LogP contribution in [0.5, 0.6) is 0 Å². The molecule has 0 saturated carbocycles. The van der Waals surface area contributed by atoms with Gasteiger partial charge in [0.25, 0.3) is 0 Å². The van der Waals surface area contributed by atoms with Gasteiger partial charge in [0.15, 0.2) is 6.29 Å². The molecule has 2 heterocycles. The summed E-state index contributed by atoms with van der Waals surface area (Å²) < 4.78 is 5.56. The maximum atomic E-state index is 10.9. The summed E-state index contributed by atoms with van der Waals surface area (Å²) in [6.45, 7) is 2.79. The Hall–Kier alpha value is -1.20. The molecule has 92 valence electrons. The normalized spacial score (nSPS) is 21.2. The van der Waals surface area contributed by atoms with Crippen molar-refractivity contribution in [2.45, 2.75) is 31.9 Å². The minimum absolute atomic E-state index is 0.0853. The summed E-state index contributed by atoms with van der Waals surface area (Å²) in [4.78, 5) is 18.7. The van der Waals surface area contributed by atoms with E-state index in [4.69, 9.17) is 16.3 Å². The van der Waals surface area contributed by atoms with Gasteiger partial charge in [0, 0.05) is 6.61 Å². The molecule has 17 heavy (non-hydrogen) atoms. The zero-order valence-corrected chi connectivity index (χ0v) is 10.3. The second-order valence-corrected chi connectivity index (χ2v) is 4.39. The summed E-state index contributed by atoms with van der Waals surface area (Å²) in [6, 6.07) is 0.0853. The van der Waals surface area contributed by atoms with E-state index in [-0.39, 0.29) is 17.3 Å². The number of anilines is 1. The van der Waals surface area contributed by atoms with Crippen molar-refractivity contribution in [1.29, 1.82) is 0 Å². The fourth-order valence-electron chi connectivity index (χ4n) is 1.90. The molecule has 6 heteroatoms. The Morgan fingerprint density at radius 2 is 2.47 bits per heavy atom. The number of carbonyl (C=O) groups is 1. The summed E-state index contributed by atoms with van der Waals surface area (Å²) in [5.41, 5.74) is 0.291. The van der Waals surface area contributed by atoms with Gasteiger partial charge < -0.3 is 10.1 Å². The Kier molecular flexibility index (Phi) is 3.91. The van der Waals surface area contributed by atoms with E-state index < -0.39 is 0 Å². The average Bonchev–Trinajstić information content (AvgIpc) is 2.82. The molecule has 1 aromatic heterocycles. The fraction of sp³-hybridized carbons (Fsp3) is 0.545. The molecule has 1 aliphatic rings. The van der Waals surface area contributed by atoms with Crippen LogP contribution in [-0.2, 0) is 4.74 Å². The van der Waals surface area contributed by atoms with E-state index >= 15 is 0 Å². The minimum atomic E-state index is 0.0853. The number of aromatic nitrogens is 2. The van der Waals surface area contributed by atoms with E-state index in [9.17, 15) is 4.79 Å². The molecule has 0 spiro atoms. The topological polar surface area (TPSA) is 64.1 Å². The Bertz CT molecular complexity index is 408. The average molecular weight is 256 g/mol. The van der Waals surface area contributed by atoms with Crippen LogP contribution < -0.4 is 5.32 Å². The lowest BCUT2D eigenvalue weighted by molar-refractivity contribution is 0.0994. The number of hydrogen-bond acceptors (Lipinski definition) is 5. The lowest BCUT2D eigenvalue weighted by Crippen LogP contribution is -2.30. The molecule has 2 atom stereocenters. The Morgan fingerprint density at radius 1 is 1.65 bits per heavy atom. The molecule has 1 aromatic rings. The molecule has 5 nitrogen and oxygen atoms in total. The van der Waals surface area contributed by atoms with Crippen molar-refractivity contribution in [1.82, 2.24) is 9.97 Å². The highest BCUT2D eigenvalue weighted by Crippen LogP contribution is 2.22. The summed E-state index contributed by atoms with van der Waals surface area (Å²) in [7, 11) is 0. The van der Waals surface area contributed by atoms with Crippen molar-refractivity contribution in [3.8, 4) is 0 Å². The third kappa shape index (κ3) is 2.73. The molecule has 2 rings (SSSR count). The van der Waals surface area contributed by atoms with Crippen LogP contribution in [0.25, 0.3) is 0 Å². The first-order valence-electron chi connectivity index (χ1n) is 5.56. The van der Waals surface area contributed by atoms with Gasteiger partial charge in [0.2, 0.25) is 0 Å². The molecular formula is C11H14ClN3O2. The molecular weight excluding hydrogens is 242 g/mol. The molecule has 0 bridgehead atoms. The molecule has 2 unspecified atom stereocenters. The number of nitrogens with one attached hydrogen (secondary N) is 1. The summed E-state index contributed by atoms with van der Waals surface area (Å²) in [6.07, 6.45) is 4.24. The van der Waals surface area contributed by atoms with Gasteiger partial charge in [-0.3, -0.25) is 4.79 Å².